The van der Waals surface area contributed by atoms with E-state index in [9.17, 15) is 0 Å². The number of aromatic nitrogens is 1. The van der Waals surface area contributed by atoms with Crippen LogP contribution in [0.5, 0.6) is 0 Å². The number of aliphatic hydroxyl groups excluding tert-OH is 2. The number of nitrogens with two attached hydrogens (primary N) is 1. The Hall–Kier alpha value is -0.300. The maximum atomic E-state index is 9.03. The first-order valence-corrected chi connectivity index (χ1v) is 5.82. The van der Waals surface area contributed by atoms with Crippen molar-refractivity contribution in [1.29, 1.82) is 0 Å². The van der Waals surface area contributed by atoms with Crippen molar-refractivity contribution in [2.24, 2.45) is 0 Å². The van der Waals surface area contributed by atoms with Gasteiger partial charge in [-0.15, -0.1) is 11.3 Å². The number of hydrogen-bond donors (Lipinski definition) is 3. The maximum Gasteiger partial charge on any atom is 0.180 e. The first-order valence-electron chi connectivity index (χ1n) is 3.79. The van der Waals surface area contributed by atoms with Crippen molar-refractivity contribution in [3.8, 4) is 0 Å². The van der Waals surface area contributed by atoms with Gasteiger partial charge in [0.25, 0.3) is 0 Å². The summed E-state index contributed by atoms with van der Waals surface area (Å²) >= 11 is 2.94. The molecule has 0 aliphatic heterocycles. The summed E-state index contributed by atoms with van der Waals surface area (Å²) in [6.07, 6.45) is -0.638. The average Bonchev–Trinajstić information content (AvgIpc) is 2.51. The molecule has 1 atom stereocenters. The van der Waals surface area contributed by atoms with Gasteiger partial charge in [-0.1, -0.05) is 0 Å². The normalized spacial score (nSPS) is 13.1. The summed E-state index contributed by atoms with van der Waals surface area (Å²) in [6, 6.07) is 0. The molecule has 4 N–H and O–H groups in total. The van der Waals surface area contributed by atoms with E-state index in [4.69, 9.17) is 15.9 Å². The summed E-state index contributed by atoms with van der Waals surface area (Å²) in [4.78, 5) is 4.06. The first-order chi connectivity index (χ1) is 6.22. The number of hydrogen-bond acceptors (Lipinski definition) is 6. The monoisotopic (exact) mass is 220 g/mol. The van der Waals surface area contributed by atoms with Crippen molar-refractivity contribution in [1.82, 2.24) is 4.98 Å². The Labute approximate surface area is 84.8 Å². The molecule has 0 aliphatic rings. The van der Waals surface area contributed by atoms with E-state index in [1.807, 2.05) is 5.38 Å². The van der Waals surface area contributed by atoms with Gasteiger partial charge in [-0.2, -0.15) is 11.8 Å². The van der Waals surface area contributed by atoms with Gasteiger partial charge in [0.05, 0.1) is 18.4 Å². The van der Waals surface area contributed by atoms with Crippen molar-refractivity contribution < 1.29 is 10.2 Å². The van der Waals surface area contributed by atoms with E-state index in [1.54, 1.807) is 0 Å². The molecule has 0 aliphatic carbocycles. The third kappa shape index (κ3) is 3.95. The second-order valence-electron chi connectivity index (χ2n) is 2.53. The number of anilines is 1. The highest BCUT2D eigenvalue weighted by Gasteiger charge is 2.03. The molecule has 6 heteroatoms. The molecule has 0 fully saturated rings. The van der Waals surface area contributed by atoms with Gasteiger partial charge in [0.15, 0.2) is 5.13 Å². The largest absolute Gasteiger partial charge is 0.394 e. The zero-order valence-electron chi connectivity index (χ0n) is 7.01. The van der Waals surface area contributed by atoms with E-state index in [0.717, 1.165) is 11.4 Å². The van der Waals surface area contributed by atoms with Gasteiger partial charge in [-0.25, -0.2) is 4.98 Å². The highest BCUT2D eigenvalue weighted by atomic mass is 32.2. The Morgan fingerprint density at radius 2 is 2.46 bits per heavy atom. The summed E-state index contributed by atoms with van der Waals surface area (Å²) in [5.41, 5.74) is 6.37. The van der Waals surface area contributed by atoms with Crippen LogP contribution in [0.4, 0.5) is 5.13 Å². The smallest absolute Gasteiger partial charge is 0.180 e. The predicted molar refractivity (Wildman–Crippen MR) is 55.8 cm³/mol. The minimum Gasteiger partial charge on any atom is -0.394 e. The van der Waals surface area contributed by atoms with Crippen molar-refractivity contribution in [3.05, 3.63) is 11.1 Å². The lowest BCUT2D eigenvalue weighted by Gasteiger charge is -2.04. The molecular weight excluding hydrogens is 208 g/mol. The zero-order chi connectivity index (χ0) is 9.68. The Bertz CT molecular complexity index is 254. The Morgan fingerprint density at radius 1 is 1.69 bits per heavy atom. The Balaban J connectivity index is 2.20. The molecule has 0 aromatic carbocycles. The van der Waals surface area contributed by atoms with Crippen LogP contribution in [-0.2, 0) is 5.75 Å². The van der Waals surface area contributed by atoms with E-state index in [0.29, 0.717) is 10.9 Å². The second-order valence-corrected chi connectivity index (χ2v) is 4.45. The first kappa shape index (κ1) is 10.8. The third-order valence-electron chi connectivity index (χ3n) is 1.34. The topological polar surface area (TPSA) is 79.4 Å². The van der Waals surface area contributed by atoms with E-state index in [-0.39, 0.29) is 6.61 Å². The van der Waals surface area contributed by atoms with Crippen LogP contribution in [0, 0.1) is 0 Å². The molecule has 1 aromatic rings. The molecule has 0 radical (unpaired) electrons. The molecule has 1 rings (SSSR count). The quantitative estimate of drug-likeness (QED) is 0.665. The van der Waals surface area contributed by atoms with Crippen LogP contribution in [-0.4, -0.2) is 33.7 Å². The van der Waals surface area contributed by atoms with Crippen LogP contribution in [0.15, 0.2) is 5.38 Å². The second kappa shape index (κ2) is 5.43. The molecule has 13 heavy (non-hydrogen) atoms. The highest BCUT2D eigenvalue weighted by Crippen LogP contribution is 2.17. The van der Waals surface area contributed by atoms with Crippen LogP contribution in [0.25, 0.3) is 0 Å². The molecule has 0 saturated heterocycles. The van der Waals surface area contributed by atoms with Crippen LogP contribution in [0.1, 0.15) is 5.69 Å². The third-order valence-corrected chi connectivity index (χ3v) is 3.18. The lowest BCUT2D eigenvalue weighted by molar-refractivity contribution is 0.113. The Morgan fingerprint density at radius 3 is 3.00 bits per heavy atom. The minimum absolute atomic E-state index is 0.188. The van der Waals surface area contributed by atoms with Crippen LogP contribution >= 0.6 is 23.1 Å². The number of rotatable bonds is 5. The average molecular weight is 220 g/mol. The molecule has 0 bridgehead atoms. The summed E-state index contributed by atoms with van der Waals surface area (Å²) in [6.45, 7) is -0.188. The van der Waals surface area contributed by atoms with Crippen LogP contribution in [0.2, 0.25) is 0 Å². The van der Waals surface area contributed by atoms with Crippen molar-refractivity contribution in [2.75, 3.05) is 18.1 Å². The van der Waals surface area contributed by atoms with Gasteiger partial charge in [-0.05, 0) is 0 Å². The van der Waals surface area contributed by atoms with Crippen LogP contribution in [0.3, 0.4) is 0 Å². The zero-order valence-corrected chi connectivity index (χ0v) is 8.64. The van der Waals surface area contributed by atoms with Crippen molar-refractivity contribution in [3.63, 3.8) is 0 Å². The van der Waals surface area contributed by atoms with Crippen molar-refractivity contribution >= 4 is 28.2 Å². The molecule has 1 aromatic heterocycles. The van der Waals surface area contributed by atoms with Crippen LogP contribution < -0.4 is 5.73 Å². The van der Waals surface area contributed by atoms with E-state index in [2.05, 4.69) is 4.98 Å². The number of nitrogens with zero attached hydrogens (tertiary/aromatic N) is 1. The predicted octanol–water partition coefficient (Wildman–Crippen LogP) is 0.312. The number of thioether (sulfide) groups is 1. The van der Waals surface area contributed by atoms with E-state index < -0.39 is 6.10 Å². The molecule has 0 spiro atoms. The van der Waals surface area contributed by atoms with Gasteiger partial charge < -0.3 is 15.9 Å². The molecule has 0 saturated carbocycles. The van der Waals surface area contributed by atoms with Gasteiger partial charge in [-0.3, -0.25) is 0 Å². The summed E-state index contributed by atoms with van der Waals surface area (Å²) in [5, 5.41) is 20.0. The summed E-state index contributed by atoms with van der Waals surface area (Å²) in [5.74, 6) is 1.25. The minimum atomic E-state index is -0.638. The lowest BCUT2D eigenvalue weighted by atomic mass is 10.4. The molecule has 1 unspecified atom stereocenters. The maximum absolute atomic E-state index is 9.03. The molecule has 0 amide bonds. The fraction of sp³-hybridized carbons (Fsp3) is 0.571. The number of aliphatic hydroxyl groups is 2. The van der Waals surface area contributed by atoms with E-state index >= 15 is 0 Å². The lowest BCUT2D eigenvalue weighted by Crippen LogP contribution is -2.14. The Kier molecular flexibility index (Phi) is 4.51. The fourth-order valence-corrected chi connectivity index (χ4v) is 2.26. The van der Waals surface area contributed by atoms with Gasteiger partial charge in [0, 0.05) is 16.9 Å². The summed E-state index contributed by atoms with van der Waals surface area (Å²) < 4.78 is 0. The number of thiazole rings is 1. The number of nitrogen functional groups attached to an aromatic ring is 1. The molecule has 74 valence electrons. The summed E-state index contributed by atoms with van der Waals surface area (Å²) in [7, 11) is 0. The van der Waals surface area contributed by atoms with Crippen molar-refractivity contribution in [2.45, 2.75) is 11.9 Å². The standard InChI is InChI=1S/C7H12N2O2S2/c8-7-9-5(3-13-7)2-12-4-6(11)1-10/h3,6,10-11H,1-2,4H2,(H2,8,9). The SMILES string of the molecule is Nc1nc(CSCC(O)CO)cs1. The highest BCUT2D eigenvalue weighted by molar-refractivity contribution is 7.98. The molecule has 1 heterocycles. The van der Waals surface area contributed by atoms with Gasteiger partial charge in [0.1, 0.15) is 0 Å². The fourth-order valence-electron chi connectivity index (χ4n) is 0.741. The van der Waals surface area contributed by atoms with E-state index in [1.165, 1.54) is 23.1 Å². The molecule has 4 nitrogen and oxygen atoms in total. The molecular formula is C7H12N2O2S2. The van der Waals surface area contributed by atoms with Gasteiger partial charge >= 0.3 is 0 Å². The van der Waals surface area contributed by atoms with Gasteiger partial charge in [0.2, 0.25) is 0 Å².